The molecule has 0 spiro atoms. The van der Waals surface area contributed by atoms with Crippen molar-refractivity contribution in [2.75, 3.05) is 0 Å². The number of rotatable bonds is 5. The van der Waals surface area contributed by atoms with Gasteiger partial charge in [0.2, 0.25) is 5.95 Å². The molecule has 0 saturated carbocycles. The molecule has 0 amide bonds. The van der Waals surface area contributed by atoms with Gasteiger partial charge in [-0.15, -0.1) is 0 Å². The lowest BCUT2D eigenvalue weighted by Gasteiger charge is -2.13. The monoisotopic (exact) mass is 692 g/mol. The highest BCUT2D eigenvalue weighted by Crippen LogP contribution is 2.41. The van der Waals surface area contributed by atoms with Gasteiger partial charge in [0.1, 0.15) is 11.2 Å². The molecule has 0 radical (unpaired) electrons. The lowest BCUT2D eigenvalue weighted by atomic mass is 10.0. The second-order valence-corrected chi connectivity index (χ2v) is 13.3. The lowest BCUT2D eigenvalue weighted by Crippen LogP contribution is -2.03. The number of fused-ring (bicyclic) bond motifs is 3. The van der Waals surface area contributed by atoms with E-state index in [1.807, 2.05) is 115 Å². The predicted octanol–water partition coefficient (Wildman–Crippen LogP) is 11.5. The van der Waals surface area contributed by atoms with E-state index in [-0.39, 0.29) is 0 Å². The van der Waals surface area contributed by atoms with Gasteiger partial charge in [0.15, 0.2) is 17.5 Å². The zero-order chi connectivity index (χ0) is 35.6. The molecule has 54 heavy (non-hydrogen) atoms. The molecule has 0 unspecified atom stereocenters. The van der Waals surface area contributed by atoms with Crippen LogP contribution in [0.2, 0.25) is 0 Å². The van der Waals surface area contributed by atoms with E-state index in [4.69, 9.17) is 29.3 Å². The van der Waals surface area contributed by atoms with E-state index in [1.54, 1.807) is 0 Å². The Kier molecular flexibility index (Phi) is 6.72. The van der Waals surface area contributed by atoms with Crippen molar-refractivity contribution in [2.45, 2.75) is 0 Å². The molecule has 7 aromatic carbocycles. The van der Waals surface area contributed by atoms with Gasteiger partial charge in [0.25, 0.3) is 0 Å². The van der Waals surface area contributed by atoms with Crippen molar-refractivity contribution >= 4 is 54.6 Å². The summed E-state index contributed by atoms with van der Waals surface area (Å²) in [5, 5.41) is 5.28. The summed E-state index contributed by atoms with van der Waals surface area (Å²) in [6.07, 6.45) is 0. The van der Waals surface area contributed by atoms with Gasteiger partial charge in [0, 0.05) is 38.4 Å². The fraction of sp³-hybridized carbons (Fsp3) is 0. The smallest absolute Gasteiger partial charge is 0.235 e. The van der Waals surface area contributed by atoms with Crippen LogP contribution in [0.25, 0.3) is 106 Å². The van der Waals surface area contributed by atoms with Gasteiger partial charge >= 0.3 is 0 Å². The molecule has 0 N–H and O–H groups in total. The second-order valence-electron chi connectivity index (χ2n) is 13.3. The molecule has 0 atom stereocenters. The Morgan fingerprint density at radius 1 is 0.370 bits per heavy atom. The van der Waals surface area contributed by atoms with E-state index in [0.29, 0.717) is 23.4 Å². The molecular weight excluding hydrogens is 665 g/mol. The molecule has 0 aliphatic heterocycles. The summed E-state index contributed by atoms with van der Waals surface area (Å²) in [5.74, 6) is 2.39. The van der Waals surface area contributed by atoms with Crippen LogP contribution in [0.4, 0.5) is 0 Å². The molecule has 0 fully saturated rings. The third kappa shape index (κ3) is 4.79. The zero-order valence-electron chi connectivity index (χ0n) is 28.8. The SMILES string of the molecule is c1ccc(-c2nc(-c3ccccc3)nc(-c3cccc(-c4nc(-n5c6cccc7oc8ccccc8c8cccc5c8c76)nc5ccccc45)c3)n2)cc1. The van der Waals surface area contributed by atoms with Gasteiger partial charge in [-0.25, -0.2) is 24.9 Å². The highest BCUT2D eigenvalue weighted by Gasteiger charge is 2.22. The summed E-state index contributed by atoms with van der Waals surface area (Å²) in [5.41, 5.74) is 8.93. The van der Waals surface area contributed by atoms with Crippen LogP contribution in [-0.2, 0) is 0 Å². The predicted molar refractivity (Wildman–Crippen MR) is 216 cm³/mol. The van der Waals surface area contributed by atoms with Crippen molar-refractivity contribution < 1.29 is 4.42 Å². The Balaban J connectivity index is 1.14. The minimum absolute atomic E-state index is 0.579. The largest absolute Gasteiger partial charge is 0.456 e. The van der Waals surface area contributed by atoms with Crippen molar-refractivity contribution in [3.05, 3.63) is 170 Å². The summed E-state index contributed by atoms with van der Waals surface area (Å²) in [6, 6.07) is 57.3. The van der Waals surface area contributed by atoms with Crippen LogP contribution < -0.4 is 0 Å². The van der Waals surface area contributed by atoms with Crippen molar-refractivity contribution in [3.8, 4) is 51.4 Å². The van der Waals surface area contributed by atoms with Gasteiger partial charge in [-0.1, -0.05) is 133 Å². The van der Waals surface area contributed by atoms with E-state index in [0.717, 1.165) is 82.6 Å². The van der Waals surface area contributed by atoms with E-state index >= 15 is 0 Å². The third-order valence-corrected chi connectivity index (χ3v) is 10.1. The standard InChI is InChI=1S/C47H28N6O/c1-3-14-29(15-4-1)44-50-45(30-16-5-2-6-17-30)52-46(51-44)32-19-11-18-31(28-32)43-35-21-7-9-23-36(35)48-47(49-43)53-37-24-12-22-34-33-20-8-10-26-39(33)54-40-27-13-25-38(53)42(40)41(34)37/h1-28H. The first-order valence-corrected chi connectivity index (χ1v) is 17.9. The number of benzene rings is 7. The van der Waals surface area contributed by atoms with Gasteiger partial charge in [-0.2, -0.15) is 0 Å². The topological polar surface area (TPSA) is 82.5 Å². The maximum absolute atomic E-state index is 6.59. The van der Waals surface area contributed by atoms with Crippen molar-refractivity contribution in [3.63, 3.8) is 0 Å². The first-order chi connectivity index (χ1) is 26.8. The molecule has 4 heterocycles. The molecule has 4 aromatic heterocycles. The lowest BCUT2D eigenvalue weighted by molar-refractivity contribution is 0.664. The van der Waals surface area contributed by atoms with E-state index in [9.17, 15) is 0 Å². The fourth-order valence-electron chi connectivity index (χ4n) is 7.63. The van der Waals surface area contributed by atoms with Crippen LogP contribution in [0.5, 0.6) is 0 Å². The molecule has 11 rings (SSSR count). The first kappa shape index (κ1) is 30.1. The summed E-state index contributed by atoms with van der Waals surface area (Å²) >= 11 is 0. The number of nitrogens with zero attached hydrogens (tertiary/aromatic N) is 6. The molecule has 0 bridgehead atoms. The summed E-state index contributed by atoms with van der Waals surface area (Å²) in [4.78, 5) is 25.5. The maximum atomic E-state index is 6.59. The highest BCUT2D eigenvalue weighted by molar-refractivity contribution is 6.26. The molecule has 11 aromatic rings. The van der Waals surface area contributed by atoms with Gasteiger partial charge < -0.3 is 4.42 Å². The Labute approximate surface area is 308 Å². The van der Waals surface area contributed by atoms with Crippen LogP contribution >= 0.6 is 0 Å². The number of aromatic nitrogens is 6. The molecule has 0 saturated heterocycles. The van der Waals surface area contributed by atoms with Gasteiger partial charge in [-0.3, -0.25) is 4.57 Å². The van der Waals surface area contributed by atoms with E-state index < -0.39 is 0 Å². The average molecular weight is 693 g/mol. The van der Waals surface area contributed by atoms with Crippen molar-refractivity contribution in [2.24, 2.45) is 0 Å². The van der Waals surface area contributed by atoms with E-state index in [1.165, 1.54) is 0 Å². The van der Waals surface area contributed by atoms with Gasteiger partial charge in [-0.05, 0) is 41.8 Å². The molecule has 7 nitrogen and oxygen atoms in total. The molecule has 0 aliphatic rings. The summed E-state index contributed by atoms with van der Waals surface area (Å²) in [6.45, 7) is 0. The minimum atomic E-state index is 0.579. The highest BCUT2D eigenvalue weighted by atomic mass is 16.3. The molecular formula is C47H28N6O. The Bertz CT molecular complexity index is 3170. The Morgan fingerprint density at radius 2 is 0.907 bits per heavy atom. The van der Waals surface area contributed by atoms with Crippen LogP contribution in [0.3, 0.4) is 0 Å². The minimum Gasteiger partial charge on any atom is -0.456 e. The molecule has 252 valence electrons. The maximum Gasteiger partial charge on any atom is 0.235 e. The number of hydrogen-bond acceptors (Lipinski definition) is 6. The normalized spacial score (nSPS) is 11.7. The average Bonchev–Trinajstić information content (AvgIpc) is 3.51. The van der Waals surface area contributed by atoms with Crippen LogP contribution in [0, 0.1) is 0 Å². The summed E-state index contributed by atoms with van der Waals surface area (Å²) in [7, 11) is 0. The zero-order valence-corrected chi connectivity index (χ0v) is 28.8. The van der Waals surface area contributed by atoms with Crippen molar-refractivity contribution in [1.82, 2.24) is 29.5 Å². The third-order valence-electron chi connectivity index (χ3n) is 10.1. The fourth-order valence-corrected chi connectivity index (χ4v) is 7.63. The van der Waals surface area contributed by atoms with E-state index in [2.05, 4.69) is 59.2 Å². The summed E-state index contributed by atoms with van der Waals surface area (Å²) < 4.78 is 8.76. The second kappa shape index (κ2) is 12.0. The van der Waals surface area contributed by atoms with Crippen LogP contribution in [0.1, 0.15) is 0 Å². The van der Waals surface area contributed by atoms with Crippen LogP contribution in [0.15, 0.2) is 174 Å². The first-order valence-electron chi connectivity index (χ1n) is 17.9. The Morgan fingerprint density at radius 3 is 1.67 bits per heavy atom. The van der Waals surface area contributed by atoms with Crippen molar-refractivity contribution in [1.29, 1.82) is 0 Å². The van der Waals surface area contributed by atoms with Crippen LogP contribution in [-0.4, -0.2) is 29.5 Å². The number of para-hydroxylation sites is 2. The molecule has 7 heteroatoms. The van der Waals surface area contributed by atoms with Gasteiger partial charge in [0.05, 0.1) is 27.6 Å². The number of hydrogen-bond donors (Lipinski definition) is 0. The Hall–Kier alpha value is -7.51. The quantitative estimate of drug-likeness (QED) is 0.179. The molecule has 0 aliphatic carbocycles.